The van der Waals surface area contributed by atoms with Crippen molar-refractivity contribution in [2.24, 2.45) is 5.41 Å². The van der Waals surface area contributed by atoms with E-state index >= 15 is 0 Å². The highest BCUT2D eigenvalue weighted by Gasteiger charge is 2.33. The highest BCUT2D eigenvalue weighted by atomic mass is 16.6. The van der Waals surface area contributed by atoms with Crippen LogP contribution in [0.3, 0.4) is 0 Å². The summed E-state index contributed by atoms with van der Waals surface area (Å²) in [5.41, 5.74) is 5.50. The van der Waals surface area contributed by atoms with Crippen molar-refractivity contribution in [3.63, 3.8) is 0 Å². The quantitative estimate of drug-likeness (QED) is 0.655. The number of nitro groups is 1. The number of nitrogen functional groups attached to an aromatic ring is 1. The van der Waals surface area contributed by atoms with Gasteiger partial charge in [0, 0.05) is 12.1 Å². The Labute approximate surface area is 123 Å². The molecule has 21 heavy (non-hydrogen) atoms. The average Bonchev–Trinajstić information content (AvgIpc) is 2.41. The van der Waals surface area contributed by atoms with Crippen LogP contribution in [-0.2, 0) is 0 Å². The van der Waals surface area contributed by atoms with Gasteiger partial charge in [0.1, 0.15) is 12.0 Å². The van der Waals surface area contributed by atoms with Gasteiger partial charge in [-0.2, -0.15) is 0 Å². The standard InChI is InChI=1S/C14H20N4O3/c1-14(2)6-4-3-5-11(14)17-13(19)10-7-9(18(20)21)8-16-12(10)15/h7-8,11H,3-6H2,1-2H3,(H2,15,16)(H,17,19). The number of hydrogen-bond donors (Lipinski definition) is 2. The van der Waals surface area contributed by atoms with E-state index < -0.39 is 10.8 Å². The maximum absolute atomic E-state index is 12.3. The van der Waals surface area contributed by atoms with Crippen molar-refractivity contribution in [2.45, 2.75) is 45.6 Å². The first-order valence-electron chi connectivity index (χ1n) is 7.02. The summed E-state index contributed by atoms with van der Waals surface area (Å²) >= 11 is 0. The van der Waals surface area contributed by atoms with Crippen LogP contribution in [0, 0.1) is 15.5 Å². The Balaban J connectivity index is 2.20. The second-order valence-electron chi connectivity index (χ2n) is 6.14. The van der Waals surface area contributed by atoms with Gasteiger partial charge < -0.3 is 11.1 Å². The molecule has 1 aromatic rings. The highest BCUT2D eigenvalue weighted by Crippen LogP contribution is 2.35. The third kappa shape index (κ3) is 3.29. The van der Waals surface area contributed by atoms with E-state index in [0.717, 1.165) is 31.9 Å². The molecule has 1 amide bonds. The fourth-order valence-electron chi connectivity index (χ4n) is 2.74. The molecule has 1 fully saturated rings. The topological polar surface area (TPSA) is 111 Å². The van der Waals surface area contributed by atoms with Crippen LogP contribution in [0.2, 0.25) is 0 Å². The number of nitrogens with zero attached hydrogens (tertiary/aromatic N) is 2. The lowest BCUT2D eigenvalue weighted by molar-refractivity contribution is -0.385. The number of nitrogens with two attached hydrogens (primary N) is 1. The number of carbonyl (C=O) groups is 1. The van der Waals surface area contributed by atoms with Gasteiger partial charge in [0.05, 0.1) is 10.5 Å². The summed E-state index contributed by atoms with van der Waals surface area (Å²) in [6.45, 7) is 4.23. The van der Waals surface area contributed by atoms with E-state index in [1.165, 1.54) is 6.07 Å². The van der Waals surface area contributed by atoms with E-state index in [9.17, 15) is 14.9 Å². The van der Waals surface area contributed by atoms with Gasteiger partial charge in [-0.3, -0.25) is 14.9 Å². The van der Waals surface area contributed by atoms with Crippen molar-refractivity contribution in [1.82, 2.24) is 10.3 Å². The van der Waals surface area contributed by atoms with Gasteiger partial charge in [-0.05, 0) is 18.3 Å². The molecule has 0 aromatic carbocycles. The van der Waals surface area contributed by atoms with Gasteiger partial charge in [0.25, 0.3) is 11.6 Å². The Morgan fingerprint density at radius 1 is 1.52 bits per heavy atom. The smallest absolute Gasteiger partial charge is 0.288 e. The predicted octanol–water partition coefficient (Wildman–Crippen LogP) is 2.27. The number of carbonyl (C=O) groups excluding carboxylic acids is 1. The van der Waals surface area contributed by atoms with Crippen molar-refractivity contribution in [3.05, 3.63) is 27.9 Å². The van der Waals surface area contributed by atoms with Crippen LogP contribution >= 0.6 is 0 Å². The molecule has 114 valence electrons. The van der Waals surface area contributed by atoms with Crippen LogP contribution in [0.5, 0.6) is 0 Å². The Hall–Kier alpha value is -2.18. The van der Waals surface area contributed by atoms with Crippen LogP contribution < -0.4 is 11.1 Å². The summed E-state index contributed by atoms with van der Waals surface area (Å²) in [6.07, 6.45) is 5.22. The van der Waals surface area contributed by atoms with E-state index in [4.69, 9.17) is 5.73 Å². The molecule has 1 heterocycles. The van der Waals surface area contributed by atoms with Crippen LogP contribution in [0.15, 0.2) is 12.3 Å². The molecule has 1 aliphatic rings. The highest BCUT2D eigenvalue weighted by molar-refractivity contribution is 5.99. The molecule has 3 N–H and O–H groups in total. The van der Waals surface area contributed by atoms with E-state index in [0.29, 0.717) is 0 Å². The third-order valence-electron chi connectivity index (χ3n) is 4.17. The zero-order chi connectivity index (χ0) is 15.6. The van der Waals surface area contributed by atoms with Crippen LogP contribution in [-0.4, -0.2) is 21.9 Å². The van der Waals surface area contributed by atoms with Gasteiger partial charge in [-0.1, -0.05) is 26.7 Å². The maximum atomic E-state index is 12.3. The van der Waals surface area contributed by atoms with Gasteiger partial charge in [-0.25, -0.2) is 4.98 Å². The first-order valence-corrected chi connectivity index (χ1v) is 7.02. The van der Waals surface area contributed by atoms with Crippen LogP contribution in [0.4, 0.5) is 11.5 Å². The average molecular weight is 292 g/mol. The van der Waals surface area contributed by atoms with E-state index in [1.807, 2.05) is 0 Å². The Morgan fingerprint density at radius 2 is 2.24 bits per heavy atom. The molecule has 0 radical (unpaired) electrons. The summed E-state index contributed by atoms with van der Waals surface area (Å²) < 4.78 is 0. The molecule has 0 spiro atoms. The molecule has 0 aliphatic heterocycles. The molecule has 1 aromatic heterocycles. The number of rotatable bonds is 3. The first-order chi connectivity index (χ1) is 9.81. The molecular formula is C14H20N4O3. The van der Waals surface area contributed by atoms with Crippen molar-refractivity contribution in [2.75, 3.05) is 5.73 Å². The molecule has 1 atom stereocenters. The molecule has 2 rings (SSSR count). The van der Waals surface area contributed by atoms with Gasteiger partial charge in [0.2, 0.25) is 0 Å². The molecule has 1 saturated carbocycles. The Bertz CT molecular complexity index is 571. The maximum Gasteiger partial charge on any atom is 0.288 e. The monoisotopic (exact) mass is 292 g/mol. The normalized spacial score (nSPS) is 20.8. The number of nitrogens with one attached hydrogen (secondary N) is 1. The lowest BCUT2D eigenvalue weighted by atomic mass is 9.73. The molecule has 0 bridgehead atoms. The van der Waals surface area contributed by atoms with E-state index in [1.54, 1.807) is 0 Å². The zero-order valence-corrected chi connectivity index (χ0v) is 12.3. The minimum Gasteiger partial charge on any atom is -0.383 e. The second kappa shape index (κ2) is 5.67. The number of anilines is 1. The van der Waals surface area contributed by atoms with Gasteiger partial charge in [0.15, 0.2) is 0 Å². The largest absolute Gasteiger partial charge is 0.383 e. The first kappa shape index (κ1) is 15.2. The zero-order valence-electron chi connectivity index (χ0n) is 12.3. The number of pyridine rings is 1. The molecule has 7 nitrogen and oxygen atoms in total. The minimum atomic E-state index is -0.590. The SMILES string of the molecule is CC1(C)CCCCC1NC(=O)c1cc([N+](=O)[O-])cnc1N. The van der Waals surface area contributed by atoms with Gasteiger partial charge in [-0.15, -0.1) is 0 Å². The Kier molecular flexibility index (Phi) is 4.11. The second-order valence-corrected chi connectivity index (χ2v) is 6.14. The predicted molar refractivity (Wildman–Crippen MR) is 78.8 cm³/mol. The number of aromatic nitrogens is 1. The molecular weight excluding hydrogens is 272 g/mol. The minimum absolute atomic E-state index is 0.00622. The van der Waals surface area contributed by atoms with Crippen molar-refractivity contribution >= 4 is 17.4 Å². The van der Waals surface area contributed by atoms with E-state index in [-0.39, 0.29) is 28.5 Å². The van der Waals surface area contributed by atoms with Crippen molar-refractivity contribution in [1.29, 1.82) is 0 Å². The molecule has 7 heteroatoms. The van der Waals surface area contributed by atoms with Crippen molar-refractivity contribution in [3.8, 4) is 0 Å². The fourth-order valence-corrected chi connectivity index (χ4v) is 2.74. The fraction of sp³-hybridized carbons (Fsp3) is 0.571. The lowest BCUT2D eigenvalue weighted by Crippen LogP contribution is -2.47. The number of amides is 1. The summed E-state index contributed by atoms with van der Waals surface area (Å²) in [4.78, 5) is 26.3. The van der Waals surface area contributed by atoms with E-state index in [2.05, 4.69) is 24.1 Å². The lowest BCUT2D eigenvalue weighted by Gasteiger charge is -2.39. The summed E-state index contributed by atoms with van der Waals surface area (Å²) in [7, 11) is 0. The van der Waals surface area contributed by atoms with Crippen LogP contribution in [0.25, 0.3) is 0 Å². The molecule has 1 unspecified atom stereocenters. The van der Waals surface area contributed by atoms with Crippen LogP contribution in [0.1, 0.15) is 49.9 Å². The van der Waals surface area contributed by atoms with Crippen molar-refractivity contribution < 1.29 is 9.72 Å². The summed E-state index contributed by atoms with van der Waals surface area (Å²) in [6, 6.07) is 1.21. The summed E-state index contributed by atoms with van der Waals surface area (Å²) in [5, 5.41) is 13.7. The van der Waals surface area contributed by atoms with Gasteiger partial charge >= 0.3 is 0 Å². The molecule has 0 saturated heterocycles. The third-order valence-corrected chi connectivity index (χ3v) is 4.17. The summed E-state index contributed by atoms with van der Waals surface area (Å²) in [5.74, 6) is -0.393. The Morgan fingerprint density at radius 3 is 2.86 bits per heavy atom. The molecule has 1 aliphatic carbocycles. The number of hydrogen-bond acceptors (Lipinski definition) is 5.